The van der Waals surface area contributed by atoms with Crippen LogP contribution in [0.1, 0.15) is 30.6 Å². The Labute approximate surface area is 125 Å². The summed E-state index contributed by atoms with van der Waals surface area (Å²) in [4.78, 5) is 25.5. The van der Waals surface area contributed by atoms with Gasteiger partial charge in [-0.2, -0.15) is 0 Å². The Balaban J connectivity index is 1.88. The monoisotopic (exact) mass is 289 g/mol. The molecular weight excluding hydrogens is 266 g/mol. The van der Waals surface area contributed by atoms with Crippen LogP contribution < -0.4 is 11.1 Å². The number of hydrogen-bond acceptors (Lipinski definition) is 4. The molecule has 2 atom stereocenters. The minimum atomic E-state index is -0.0546. The number of anilines is 1. The normalized spacial score (nSPS) is 20.2. The van der Waals surface area contributed by atoms with E-state index in [-0.39, 0.29) is 17.7 Å². The molecule has 5 heteroatoms. The van der Waals surface area contributed by atoms with E-state index < -0.39 is 0 Å². The average molecular weight is 289 g/mol. The lowest BCUT2D eigenvalue weighted by atomic mass is 10.0. The molecule has 1 aliphatic rings. The number of nitrogens with two attached hydrogens (primary N) is 1. The minimum Gasteiger partial charge on any atom is -0.328 e. The second-order valence-corrected chi connectivity index (χ2v) is 5.83. The predicted octanol–water partition coefficient (Wildman–Crippen LogP) is 1.50. The molecule has 0 radical (unpaired) electrons. The smallest absolute Gasteiger partial charge is 0.238 e. The van der Waals surface area contributed by atoms with Crippen molar-refractivity contribution in [2.45, 2.75) is 26.3 Å². The fourth-order valence-electron chi connectivity index (χ4n) is 2.65. The number of ketones is 1. The largest absolute Gasteiger partial charge is 0.328 e. The van der Waals surface area contributed by atoms with Crippen molar-refractivity contribution >= 4 is 17.4 Å². The molecule has 1 aromatic carbocycles. The maximum absolute atomic E-state index is 12.1. The lowest BCUT2D eigenvalue weighted by molar-refractivity contribution is -0.117. The number of benzene rings is 1. The van der Waals surface area contributed by atoms with Gasteiger partial charge in [-0.1, -0.05) is 12.1 Å². The Morgan fingerprint density at radius 2 is 2.24 bits per heavy atom. The molecular formula is C16H23N3O2. The molecule has 3 N–H and O–H groups in total. The average Bonchev–Trinajstić information content (AvgIpc) is 2.87. The van der Waals surface area contributed by atoms with E-state index in [1.807, 2.05) is 6.92 Å². The van der Waals surface area contributed by atoms with Crippen LogP contribution in [-0.2, 0) is 4.79 Å². The molecule has 0 spiro atoms. The summed E-state index contributed by atoms with van der Waals surface area (Å²) in [6.07, 6.45) is 1.05. The fourth-order valence-corrected chi connectivity index (χ4v) is 2.65. The zero-order valence-electron chi connectivity index (χ0n) is 12.6. The number of rotatable bonds is 5. The van der Waals surface area contributed by atoms with Gasteiger partial charge in [0.25, 0.3) is 0 Å². The maximum Gasteiger partial charge on any atom is 0.238 e. The summed E-state index contributed by atoms with van der Waals surface area (Å²) in [7, 11) is 0. The van der Waals surface area contributed by atoms with Crippen LogP contribution in [0.15, 0.2) is 24.3 Å². The van der Waals surface area contributed by atoms with Gasteiger partial charge in [0.1, 0.15) is 0 Å². The van der Waals surface area contributed by atoms with E-state index in [1.165, 1.54) is 6.92 Å². The van der Waals surface area contributed by atoms with Crippen LogP contribution in [0.5, 0.6) is 0 Å². The maximum atomic E-state index is 12.1. The number of amides is 1. The number of carbonyl (C=O) groups excluding carboxylic acids is 2. The van der Waals surface area contributed by atoms with Crippen LogP contribution in [-0.4, -0.2) is 42.3 Å². The van der Waals surface area contributed by atoms with Gasteiger partial charge >= 0.3 is 0 Å². The Bertz CT molecular complexity index is 528. The quantitative estimate of drug-likeness (QED) is 0.805. The van der Waals surface area contributed by atoms with Crippen LogP contribution in [0.2, 0.25) is 0 Å². The van der Waals surface area contributed by atoms with Gasteiger partial charge in [-0.3, -0.25) is 14.5 Å². The summed E-state index contributed by atoms with van der Waals surface area (Å²) in [6.45, 7) is 5.68. The zero-order valence-corrected chi connectivity index (χ0v) is 12.6. The Morgan fingerprint density at radius 3 is 2.86 bits per heavy atom. The molecule has 1 heterocycles. The van der Waals surface area contributed by atoms with Crippen molar-refractivity contribution in [3.63, 3.8) is 0 Å². The topological polar surface area (TPSA) is 75.4 Å². The third-order valence-corrected chi connectivity index (χ3v) is 3.97. The van der Waals surface area contributed by atoms with Crippen molar-refractivity contribution in [3.8, 4) is 0 Å². The summed E-state index contributed by atoms with van der Waals surface area (Å²) < 4.78 is 0. The highest BCUT2D eigenvalue weighted by Crippen LogP contribution is 2.18. The lowest BCUT2D eigenvalue weighted by Crippen LogP contribution is -2.34. The summed E-state index contributed by atoms with van der Waals surface area (Å²) in [6, 6.07) is 7.18. The molecule has 1 fully saturated rings. The van der Waals surface area contributed by atoms with Gasteiger partial charge in [0.2, 0.25) is 5.91 Å². The van der Waals surface area contributed by atoms with Gasteiger partial charge in [-0.25, -0.2) is 0 Å². The van der Waals surface area contributed by atoms with Crippen LogP contribution >= 0.6 is 0 Å². The van der Waals surface area contributed by atoms with Crippen LogP contribution in [0.25, 0.3) is 0 Å². The zero-order chi connectivity index (χ0) is 15.4. The van der Waals surface area contributed by atoms with Gasteiger partial charge in [-0.15, -0.1) is 0 Å². The van der Waals surface area contributed by atoms with E-state index >= 15 is 0 Å². The van der Waals surface area contributed by atoms with Gasteiger partial charge in [-0.05, 0) is 44.9 Å². The van der Waals surface area contributed by atoms with Crippen LogP contribution in [0.4, 0.5) is 5.69 Å². The molecule has 1 saturated heterocycles. The summed E-state index contributed by atoms with van der Waals surface area (Å²) in [5, 5.41) is 2.84. The molecule has 1 amide bonds. The first-order chi connectivity index (χ1) is 9.95. The molecule has 0 aliphatic carbocycles. The summed E-state index contributed by atoms with van der Waals surface area (Å²) in [5.74, 6) is 0.408. The number of nitrogens with one attached hydrogen (secondary N) is 1. The number of likely N-dealkylation sites (tertiary alicyclic amines) is 1. The summed E-state index contributed by atoms with van der Waals surface area (Å²) >= 11 is 0. The molecule has 114 valence electrons. The van der Waals surface area contributed by atoms with Crippen molar-refractivity contribution in [3.05, 3.63) is 29.8 Å². The second kappa shape index (κ2) is 6.83. The lowest BCUT2D eigenvalue weighted by Gasteiger charge is -2.17. The van der Waals surface area contributed by atoms with Crippen molar-refractivity contribution in [2.24, 2.45) is 11.7 Å². The van der Waals surface area contributed by atoms with Crippen molar-refractivity contribution in [1.82, 2.24) is 4.90 Å². The first-order valence-corrected chi connectivity index (χ1v) is 7.34. The molecule has 5 nitrogen and oxygen atoms in total. The van der Waals surface area contributed by atoms with Crippen molar-refractivity contribution in [2.75, 3.05) is 25.0 Å². The Morgan fingerprint density at radius 1 is 1.48 bits per heavy atom. The van der Waals surface area contributed by atoms with Gasteiger partial charge in [0.15, 0.2) is 5.78 Å². The van der Waals surface area contributed by atoms with Crippen molar-refractivity contribution < 1.29 is 9.59 Å². The third-order valence-electron chi connectivity index (χ3n) is 3.97. The first kappa shape index (κ1) is 15.7. The highest BCUT2D eigenvalue weighted by molar-refractivity contribution is 5.97. The number of nitrogens with zero attached hydrogens (tertiary/aromatic N) is 1. The van der Waals surface area contributed by atoms with E-state index in [4.69, 9.17) is 5.73 Å². The molecule has 2 unspecified atom stereocenters. The Kier molecular flexibility index (Phi) is 5.09. The van der Waals surface area contributed by atoms with E-state index in [9.17, 15) is 9.59 Å². The highest BCUT2D eigenvalue weighted by Gasteiger charge is 2.26. The standard InChI is InChI=1S/C16H23N3O2/c1-11(17)14-6-7-19(9-14)10-16(21)18-15-5-3-4-13(8-15)12(2)20/h3-5,8,11,14H,6-7,9-10,17H2,1-2H3,(H,18,21). The molecule has 2 rings (SSSR count). The van der Waals surface area contributed by atoms with E-state index in [0.29, 0.717) is 23.7 Å². The number of carbonyl (C=O) groups is 2. The molecule has 0 aromatic heterocycles. The van der Waals surface area contributed by atoms with Crippen LogP contribution in [0.3, 0.4) is 0 Å². The van der Waals surface area contributed by atoms with Gasteiger partial charge in [0, 0.05) is 23.8 Å². The molecule has 0 saturated carbocycles. The minimum absolute atomic E-state index is 0.00887. The van der Waals surface area contributed by atoms with Gasteiger partial charge < -0.3 is 11.1 Å². The second-order valence-electron chi connectivity index (χ2n) is 5.83. The number of hydrogen-bond donors (Lipinski definition) is 2. The SMILES string of the molecule is CC(=O)c1cccc(NC(=O)CN2CCC(C(C)N)C2)c1. The van der Waals surface area contributed by atoms with E-state index in [0.717, 1.165) is 19.5 Å². The molecule has 21 heavy (non-hydrogen) atoms. The highest BCUT2D eigenvalue weighted by atomic mass is 16.2. The van der Waals surface area contributed by atoms with E-state index in [1.54, 1.807) is 24.3 Å². The van der Waals surface area contributed by atoms with Crippen LogP contribution in [0, 0.1) is 5.92 Å². The predicted molar refractivity (Wildman–Crippen MR) is 83.3 cm³/mol. The fraction of sp³-hybridized carbons (Fsp3) is 0.500. The Hall–Kier alpha value is -1.72. The third kappa shape index (κ3) is 4.37. The molecule has 0 bridgehead atoms. The number of Topliss-reactive ketones (excluding diaryl/α,β-unsaturated/α-hetero) is 1. The van der Waals surface area contributed by atoms with Gasteiger partial charge in [0.05, 0.1) is 6.54 Å². The summed E-state index contributed by atoms with van der Waals surface area (Å²) in [5.41, 5.74) is 7.17. The van der Waals surface area contributed by atoms with E-state index in [2.05, 4.69) is 10.2 Å². The van der Waals surface area contributed by atoms with Crippen molar-refractivity contribution in [1.29, 1.82) is 0 Å². The molecule has 1 aliphatic heterocycles. The molecule has 1 aromatic rings. The first-order valence-electron chi connectivity index (χ1n) is 7.34.